The van der Waals surface area contributed by atoms with E-state index in [1.807, 2.05) is 0 Å². The molecule has 0 saturated carbocycles. The van der Waals surface area contributed by atoms with Gasteiger partial charge in [-0.3, -0.25) is 9.59 Å². The van der Waals surface area contributed by atoms with Gasteiger partial charge in [-0.1, -0.05) is 28.9 Å². The number of fused-ring (bicyclic) bond motifs is 1. The summed E-state index contributed by atoms with van der Waals surface area (Å²) in [6.07, 6.45) is 4.95. The van der Waals surface area contributed by atoms with Crippen molar-refractivity contribution in [2.75, 3.05) is 26.3 Å². The van der Waals surface area contributed by atoms with Gasteiger partial charge in [-0.25, -0.2) is 4.79 Å². The summed E-state index contributed by atoms with van der Waals surface area (Å²) in [6, 6.07) is 2.73. The molecule has 2 aliphatic rings. The number of benzene rings is 1. The Morgan fingerprint density at radius 2 is 2.12 bits per heavy atom. The molecule has 10 nitrogen and oxygen atoms in total. The second-order valence-electron chi connectivity index (χ2n) is 7.17. The van der Waals surface area contributed by atoms with E-state index in [1.165, 1.54) is 12.1 Å². The lowest BCUT2D eigenvalue weighted by Gasteiger charge is -2.22. The highest BCUT2D eigenvalue weighted by molar-refractivity contribution is 6.34. The minimum absolute atomic E-state index is 0.0249. The van der Waals surface area contributed by atoms with Gasteiger partial charge in [-0.2, -0.15) is 0 Å². The van der Waals surface area contributed by atoms with Crippen molar-refractivity contribution in [3.63, 3.8) is 0 Å². The number of esters is 1. The van der Waals surface area contributed by atoms with Gasteiger partial charge in [0.2, 0.25) is 0 Å². The molecular formula is C21H22ClN3O7. The Kier molecular flexibility index (Phi) is 7.04. The van der Waals surface area contributed by atoms with Crippen LogP contribution in [0.5, 0.6) is 11.5 Å². The van der Waals surface area contributed by atoms with Gasteiger partial charge < -0.3 is 30.4 Å². The lowest BCUT2D eigenvalue weighted by Crippen LogP contribution is -2.38. The van der Waals surface area contributed by atoms with Crippen LogP contribution in [-0.2, 0) is 14.3 Å². The number of rotatable bonds is 8. The number of oxime groups is 1. The van der Waals surface area contributed by atoms with Crippen molar-refractivity contribution in [1.82, 2.24) is 4.90 Å². The second kappa shape index (κ2) is 9.73. The number of nitrogens with two attached hydrogens (primary N) is 1. The quantitative estimate of drug-likeness (QED) is 0.130. The van der Waals surface area contributed by atoms with E-state index in [0.29, 0.717) is 0 Å². The van der Waals surface area contributed by atoms with Gasteiger partial charge in [0.25, 0.3) is 0 Å². The highest BCUT2D eigenvalue weighted by atomic mass is 35.5. The number of hydrogen-bond acceptors (Lipinski definition) is 9. The standard InChI is InChI=1S/C21H22ClN3O7/c1-2-31-17(27)10-32-16-6-5-12(20(29)18(16)22)15(26)9-25-7-11-3-4-13(21(23)24-30)19(28)14(11)8-25/h3-7,13-14,29-30H,2,8-10H2,1H3,(H2,23,24). The normalized spacial score (nSPS) is 20.1. The molecule has 3 rings (SSSR count). The molecule has 170 valence electrons. The molecule has 0 radical (unpaired) electrons. The molecule has 11 heteroatoms. The summed E-state index contributed by atoms with van der Waals surface area (Å²) >= 11 is 6.10. The molecule has 1 aromatic rings. The van der Waals surface area contributed by atoms with Crippen molar-refractivity contribution < 1.29 is 34.2 Å². The number of phenols is 1. The monoisotopic (exact) mass is 463 g/mol. The van der Waals surface area contributed by atoms with Crippen LogP contribution in [0.4, 0.5) is 0 Å². The Morgan fingerprint density at radius 1 is 1.38 bits per heavy atom. The second-order valence-corrected chi connectivity index (χ2v) is 7.54. The van der Waals surface area contributed by atoms with Crippen LogP contribution in [0, 0.1) is 11.8 Å². The zero-order valence-electron chi connectivity index (χ0n) is 17.2. The van der Waals surface area contributed by atoms with Crippen LogP contribution >= 0.6 is 11.6 Å². The topological polar surface area (TPSA) is 152 Å². The molecule has 0 saturated heterocycles. The van der Waals surface area contributed by atoms with E-state index in [2.05, 4.69) is 5.16 Å². The highest BCUT2D eigenvalue weighted by Gasteiger charge is 2.38. The number of halogens is 1. The van der Waals surface area contributed by atoms with Crippen molar-refractivity contribution in [2.45, 2.75) is 6.92 Å². The molecule has 2 unspecified atom stereocenters. The number of nitrogens with zero attached hydrogens (tertiary/aromatic N) is 2. The molecule has 0 aromatic heterocycles. The molecule has 1 aliphatic heterocycles. The van der Waals surface area contributed by atoms with Crippen molar-refractivity contribution in [3.8, 4) is 11.5 Å². The van der Waals surface area contributed by atoms with Crippen molar-refractivity contribution >= 4 is 35.0 Å². The maximum atomic E-state index is 12.8. The summed E-state index contributed by atoms with van der Waals surface area (Å²) in [6.45, 7) is 1.60. The maximum Gasteiger partial charge on any atom is 0.344 e. The van der Waals surface area contributed by atoms with Gasteiger partial charge >= 0.3 is 5.97 Å². The number of allylic oxidation sites excluding steroid dienone is 1. The number of carbonyl (C=O) groups is 3. The fraction of sp³-hybridized carbons (Fsp3) is 0.333. The van der Waals surface area contributed by atoms with E-state index in [-0.39, 0.29) is 47.7 Å². The van der Waals surface area contributed by atoms with Crippen LogP contribution in [0.25, 0.3) is 0 Å². The molecule has 0 spiro atoms. The average Bonchev–Trinajstić information content (AvgIpc) is 3.18. The third kappa shape index (κ3) is 4.70. The fourth-order valence-electron chi connectivity index (χ4n) is 3.53. The Balaban J connectivity index is 1.67. The molecular weight excluding hydrogens is 442 g/mol. The zero-order valence-corrected chi connectivity index (χ0v) is 17.9. The largest absolute Gasteiger partial charge is 0.505 e. The smallest absolute Gasteiger partial charge is 0.344 e. The van der Waals surface area contributed by atoms with Gasteiger partial charge in [0.15, 0.2) is 24.0 Å². The summed E-state index contributed by atoms with van der Waals surface area (Å²) in [5.41, 5.74) is 6.27. The predicted octanol–water partition coefficient (Wildman–Crippen LogP) is 1.49. The number of ketones is 2. The van der Waals surface area contributed by atoms with Crippen LogP contribution in [0.15, 0.2) is 41.2 Å². The maximum absolute atomic E-state index is 12.8. The first-order chi connectivity index (χ1) is 15.3. The first-order valence-corrected chi connectivity index (χ1v) is 10.1. The molecule has 1 aromatic carbocycles. The van der Waals surface area contributed by atoms with Crippen LogP contribution in [0.1, 0.15) is 17.3 Å². The van der Waals surface area contributed by atoms with Crippen molar-refractivity contribution in [1.29, 1.82) is 0 Å². The van der Waals surface area contributed by atoms with E-state index in [4.69, 9.17) is 32.0 Å². The number of phenolic OH excluding ortho intramolecular Hbond substituents is 1. The predicted molar refractivity (Wildman–Crippen MR) is 114 cm³/mol. The summed E-state index contributed by atoms with van der Waals surface area (Å²) in [5.74, 6) is -3.19. The Labute approximate surface area is 188 Å². The van der Waals surface area contributed by atoms with Gasteiger partial charge in [0.05, 0.1) is 30.6 Å². The number of hydrogen-bond donors (Lipinski definition) is 3. The lowest BCUT2D eigenvalue weighted by atomic mass is 9.83. The first kappa shape index (κ1) is 23.1. The van der Waals surface area contributed by atoms with Crippen molar-refractivity contribution in [2.24, 2.45) is 22.7 Å². The van der Waals surface area contributed by atoms with Crippen LogP contribution in [-0.4, -0.2) is 64.9 Å². The van der Waals surface area contributed by atoms with E-state index < -0.39 is 35.9 Å². The molecule has 2 atom stereocenters. The summed E-state index contributed by atoms with van der Waals surface area (Å²) < 4.78 is 9.99. The number of aromatic hydroxyl groups is 1. The number of Topliss-reactive ketones (excluding diaryl/α,β-unsaturated/α-hetero) is 2. The fourth-order valence-corrected chi connectivity index (χ4v) is 3.75. The van der Waals surface area contributed by atoms with E-state index in [1.54, 1.807) is 30.2 Å². The Hall–Kier alpha value is -3.53. The summed E-state index contributed by atoms with van der Waals surface area (Å²) in [4.78, 5) is 38.4. The van der Waals surface area contributed by atoms with Crippen molar-refractivity contribution in [3.05, 3.63) is 46.6 Å². The number of ether oxygens (including phenoxy) is 2. The van der Waals surface area contributed by atoms with E-state index in [9.17, 15) is 19.5 Å². The Bertz CT molecular complexity index is 1030. The minimum Gasteiger partial charge on any atom is -0.505 e. The average molecular weight is 464 g/mol. The molecule has 1 aliphatic carbocycles. The number of carbonyl (C=O) groups excluding carboxylic acids is 3. The minimum atomic E-state index is -0.817. The highest BCUT2D eigenvalue weighted by Crippen LogP contribution is 2.37. The van der Waals surface area contributed by atoms with E-state index in [0.717, 1.165) is 5.57 Å². The number of amidine groups is 1. The van der Waals surface area contributed by atoms with Gasteiger partial charge in [-0.05, 0) is 24.6 Å². The summed E-state index contributed by atoms with van der Waals surface area (Å²) in [7, 11) is 0. The molecule has 0 bridgehead atoms. The van der Waals surface area contributed by atoms with Gasteiger partial charge in [-0.15, -0.1) is 0 Å². The summed E-state index contributed by atoms with van der Waals surface area (Å²) in [5, 5.41) is 21.9. The van der Waals surface area contributed by atoms with Crippen LogP contribution in [0.2, 0.25) is 5.02 Å². The third-order valence-electron chi connectivity index (χ3n) is 5.09. The molecule has 4 N–H and O–H groups in total. The van der Waals surface area contributed by atoms with Crippen LogP contribution < -0.4 is 10.5 Å². The first-order valence-electron chi connectivity index (χ1n) is 9.75. The third-order valence-corrected chi connectivity index (χ3v) is 5.46. The van der Waals surface area contributed by atoms with Gasteiger partial charge in [0, 0.05) is 12.7 Å². The molecule has 1 heterocycles. The molecule has 32 heavy (non-hydrogen) atoms. The zero-order chi connectivity index (χ0) is 23.4. The SMILES string of the molecule is CCOC(=O)COc1ccc(C(=O)CN2C=C3C=CC(C(N)=NO)C(=O)C3C2)c(O)c1Cl. The van der Waals surface area contributed by atoms with Gasteiger partial charge in [0.1, 0.15) is 16.5 Å². The Morgan fingerprint density at radius 3 is 2.81 bits per heavy atom. The molecule has 0 fully saturated rings. The lowest BCUT2D eigenvalue weighted by molar-refractivity contribution is -0.145. The molecule has 0 amide bonds. The van der Waals surface area contributed by atoms with E-state index >= 15 is 0 Å². The van der Waals surface area contributed by atoms with Crippen LogP contribution in [0.3, 0.4) is 0 Å².